The fraction of sp³-hybridized carbons (Fsp3) is 0.333. The van der Waals surface area contributed by atoms with Crippen LogP contribution in [0.4, 0.5) is 5.95 Å². The molecular weight excluding hydrogens is 366 g/mol. The minimum Gasteiger partial charge on any atom is -0.353 e. The van der Waals surface area contributed by atoms with Gasteiger partial charge in [-0.05, 0) is 30.4 Å². The molecule has 26 heavy (non-hydrogen) atoms. The van der Waals surface area contributed by atoms with Gasteiger partial charge in [-0.1, -0.05) is 0 Å². The van der Waals surface area contributed by atoms with Crippen molar-refractivity contribution in [3.05, 3.63) is 46.4 Å². The summed E-state index contributed by atoms with van der Waals surface area (Å²) in [6.07, 6.45) is 5.66. The van der Waals surface area contributed by atoms with E-state index in [1.807, 2.05) is 16.8 Å². The number of thiazole rings is 1. The first-order valence-electron chi connectivity index (χ1n) is 8.56. The Morgan fingerprint density at radius 2 is 2.04 bits per heavy atom. The minimum absolute atomic E-state index is 0.0431. The molecule has 0 spiro atoms. The van der Waals surface area contributed by atoms with Crippen LogP contribution in [0, 0.1) is 0 Å². The number of nitrogens with one attached hydrogen (secondary N) is 1. The highest BCUT2D eigenvalue weighted by Crippen LogP contribution is 2.25. The van der Waals surface area contributed by atoms with Crippen molar-refractivity contribution in [3.8, 4) is 10.6 Å². The fourth-order valence-electron chi connectivity index (χ4n) is 3.03. The maximum Gasteiger partial charge on any atom is 0.226 e. The van der Waals surface area contributed by atoms with Gasteiger partial charge in [0.2, 0.25) is 11.9 Å². The maximum atomic E-state index is 12.3. The molecule has 0 bridgehead atoms. The number of piperidine rings is 1. The topological polar surface area (TPSA) is 71.0 Å². The van der Waals surface area contributed by atoms with Crippen LogP contribution in [0.25, 0.3) is 10.6 Å². The van der Waals surface area contributed by atoms with Gasteiger partial charge in [0.05, 0.1) is 12.1 Å². The highest BCUT2D eigenvalue weighted by atomic mass is 32.1. The Balaban J connectivity index is 1.27. The molecule has 1 aliphatic heterocycles. The van der Waals surface area contributed by atoms with E-state index in [4.69, 9.17) is 0 Å². The first-order chi connectivity index (χ1) is 12.8. The second kappa shape index (κ2) is 7.92. The lowest BCUT2D eigenvalue weighted by Gasteiger charge is -2.32. The van der Waals surface area contributed by atoms with Gasteiger partial charge in [0.1, 0.15) is 5.01 Å². The lowest BCUT2D eigenvalue weighted by atomic mass is 10.1. The van der Waals surface area contributed by atoms with Crippen LogP contribution in [0.15, 0.2) is 40.7 Å². The molecule has 3 aromatic heterocycles. The smallest absolute Gasteiger partial charge is 0.226 e. The summed E-state index contributed by atoms with van der Waals surface area (Å²) in [6, 6.07) is 4.08. The molecule has 0 aliphatic carbocycles. The molecule has 0 unspecified atom stereocenters. The van der Waals surface area contributed by atoms with Crippen molar-refractivity contribution >= 4 is 34.5 Å². The van der Waals surface area contributed by atoms with E-state index in [2.05, 4.69) is 36.6 Å². The normalized spacial score (nSPS) is 15.2. The van der Waals surface area contributed by atoms with Crippen molar-refractivity contribution in [3.63, 3.8) is 0 Å². The Hall–Kier alpha value is -2.32. The van der Waals surface area contributed by atoms with Gasteiger partial charge >= 0.3 is 0 Å². The van der Waals surface area contributed by atoms with Crippen molar-refractivity contribution in [2.45, 2.75) is 25.3 Å². The van der Waals surface area contributed by atoms with E-state index in [1.165, 1.54) is 0 Å². The largest absolute Gasteiger partial charge is 0.353 e. The van der Waals surface area contributed by atoms with Gasteiger partial charge in [-0.2, -0.15) is 11.3 Å². The number of amides is 1. The van der Waals surface area contributed by atoms with E-state index in [0.717, 1.165) is 48.1 Å². The number of carbonyl (C=O) groups is 1. The van der Waals surface area contributed by atoms with E-state index in [0.29, 0.717) is 6.42 Å². The van der Waals surface area contributed by atoms with Gasteiger partial charge in [-0.15, -0.1) is 11.3 Å². The summed E-state index contributed by atoms with van der Waals surface area (Å²) in [7, 11) is 0. The molecule has 6 nitrogen and oxygen atoms in total. The summed E-state index contributed by atoms with van der Waals surface area (Å²) in [6.45, 7) is 1.71. The zero-order valence-corrected chi connectivity index (χ0v) is 15.8. The average molecular weight is 386 g/mol. The third-order valence-electron chi connectivity index (χ3n) is 4.36. The molecule has 1 N–H and O–H groups in total. The molecule has 0 atom stereocenters. The second-order valence-electron chi connectivity index (χ2n) is 6.21. The SMILES string of the molecule is O=C(Cc1csc(-c2ccsc2)n1)NC1CCN(c2ncccn2)CC1. The predicted octanol–water partition coefficient (Wildman–Crippen LogP) is 2.99. The number of thiophene rings is 1. The van der Waals surface area contributed by atoms with Gasteiger partial charge in [-0.25, -0.2) is 15.0 Å². The van der Waals surface area contributed by atoms with Crippen LogP contribution in [0.1, 0.15) is 18.5 Å². The Kier molecular flexibility index (Phi) is 5.21. The van der Waals surface area contributed by atoms with Gasteiger partial charge < -0.3 is 10.2 Å². The van der Waals surface area contributed by atoms with Crippen LogP contribution >= 0.6 is 22.7 Å². The molecule has 4 heterocycles. The van der Waals surface area contributed by atoms with Gasteiger partial charge in [0, 0.05) is 47.8 Å². The number of carbonyl (C=O) groups excluding carboxylic acids is 1. The number of nitrogens with zero attached hydrogens (tertiary/aromatic N) is 4. The molecule has 4 rings (SSSR count). The molecule has 0 saturated carbocycles. The van der Waals surface area contributed by atoms with Crippen LogP contribution in [0.3, 0.4) is 0 Å². The highest BCUT2D eigenvalue weighted by Gasteiger charge is 2.22. The minimum atomic E-state index is 0.0431. The standard InChI is InChI=1S/C18H19N5OS2/c24-16(10-15-12-26-17(22-15)13-4-9-25-11-13)21-14-2-7-23(8-3-14)18-19-5-1-6-20-18/h1,4-6,9,11-12,14H,2-3,7-8,10H2,(H,21,24). The van der Waals surface area contributed by atoms with Crippen molar-refractivity contribution in [2.24, 2.45) is 0 Å². The van der Waals surface area contributed by atoms with Crippen LogP contribution in [0.2, 0.25) is 0 Å². The fourth-order valence-corrected chi connectivity index (χ4v) is 4.56. The van der Waals surface area contributed by atoms with Crippen LogP contribution < -0.4 is 10.2 Å². The maximum absolute atomic E-state index is 12.3. The van der Waals surface area contributed by atoms with Gasteiger partial charge in [0.25, 0.3) is 0 Å². The summed E-state index contributed by atoms with van der Waals surface area (Å²) >= 11 is 3.24. The van der Waals surface area contributed by atoms with E-state index in [-0.39, 0.29) is 11.9 Å². The molecule has 1 fully saturated rings. The Morgan fingerprint density at radius 1 is 1.23 bits per heavy atom. The van der Waals surface area contributed by atoms with Gasteiger partial charge in [0.15, 0.2) is 0 Å². The highest BCUT2D eigenvalue weighted by molar-refractivity contribution is 7.14. The lowest BCUT2D eigenvalue weighted by Crippen LogP contribution is -2.45. The van der Waals surface area contributed by atoms with Crippen molar-refractivity contribution < 1.29 is 4.79 Å². The number of rotatable bonds is 5. The molecule has 1 aliphatic rings. The molecule has 134 valence electrons. The van der Waals surface area contributed by atoms with E-state index in [9.17, 15) is 4.79 Å². The second-order valence-corrected chi connectivity index (χ2v) is 7.85. The Bertz CT molecular complexity index is 842. The van der Waals surface area contributed by atoms with Crippen LogP contribution in [-0.4, -0.2) is 40.0 Å². The third-order valence-corrected chi connectivity index (χ3v) is 5.98. The average Bonchev–Trinajstić information content (AvgIpc) is 3.35. The summed E-state index contributed by atoms with van der Waals surface area (Å²) in [5, 5.41) is 10.2. The summed E-state index contributed by atoms with van der Waals surface area (Å²) in [5.74, 6) is 0.808. The van der Waals surface area contributed by atoms with Gasteiger partial charge in [-0.3, -0.25) is 4.79 Å². The third kappa shape index (κ3) is 4.08. The molecule has 1 saturated heterocycles. The zero-order valence-electron chi connectivity index (χ0n) is 14.2. The van der Waals surface area contributed by atoms with Crippen LogP contribution in [0.5, 0.6) is 0 Å². The van der Waals surface area contributed by atoms with E-state index >= 15 is 0 Å². The number of aromatic nitrogens is 3. The van der Waals surface area contributed by atoms with Crippen molar-refractivity contribution in [2.75, 3.05) is 18.0 Å². The molecule has 1 amide bonds. The lowest BCUT2D eigenvalue weighted by molar-refractivity contribution is -0.121. The molecule has 0 aromatic carbocycles. The number of hydrogen-bond donors (Lipinski definition) is 1. The summed E-state index contributed by atoms with van der Waals surface area (Å²) in [4.78, 5) is 27.7. The summed E-state index contributed by atoms with van der Waals surface area (Å²) in [5.41, 5.74) is 1.96. The van der Waals surface area contributed by atoms with E-state index in [1.54, 1.807) is 35.1 Å². The number of anilines is 1. The summed E-state index contributed by atoms with van der Waals surface area (Å²) < 4.78 is 0. The number of hydrogen-bond acceptors (Lipinski definition) is 7. The molecule has 8 heteroatoms. The van der Waals surface area contributed by atoms with Crippen molar-refractivity contribution in [1.29, 1.82) is 0 Å². The first-order valence-corrected chi connectivity index (χ1v) is 10.4. The Labute approximate surface area is 160 Å². The van der Waals surface area contributed by atoms with Crippen molar-refractivity contribution in [1.82, 2.24) is 20.3 Å². The quantitative estimate of drug-likeness (QED) is 0.731. The first kappa shape index (κ1) is 17.1. The molecule has 0 radical (unpaired) electrons. The molecule has 3 aromatic rings. The Morgan fingerprint density at radius 3 is 2.77 bits per heavy atom. The monoisotopic (exact) mass is 385 g/mol. The van der Waals surface area contributed by atoms with Crippen LogP contribution in [-0.2, 0) is 11.2 Å². The zero-order chi connectivity index (χ0) is 17.8. The molecular formula is C18H19N5OS2. The van der Waals surface area contributed by atoms with E-state index < -0.39 is 0 Å². The predicted molar refractivity (Wildman–Crippen MR) is 105 cm³/mol.